The van der Waals surface area contributed by atoms with E-state index >= 15 is 0 Å². The zero-order valence-corrected chi connectivity index (χ0v) is 9.21. The van der Waals surface area contributed by atoms with Crippen molar-refractivity contribution in [2.45, 2.75) is 13.5 Å². The van der Waals surface area contributed by atoms with Crippen molar-refractivity contribution >= 4 is 5.91 Å². The fraction of sp³-hybridized carbons (Fsp3) is 0.250. The number of nitrogens with zero attached hydrogens (tertiary/aromatic N) is 1. The van der Waals surface area contributed by atoms with E-state index in [0.29, 0.717) is 5.56 Å². The van der Waals surface area contributed by atoms with Gasteiger partial charge in [0.2, 0.25) is 5.91 Å². The van der Waals surface area contributed by atoms with Crippen LogP contribution in [0.15, 0.2) is 30.4 Å². The Hall–Kier alpha value is -1.71. The number of likely N-dealkylation sites (N-methyl/N-ethyl adjacent to an activating group) is 1. The molecule has 0 aliphatic heterocycles. The van der Waals surface area contributed by atoms with Crippen LogP contribution in [-0.4, -0.2) is 17.9 Å². The van der Waals surface area contributed by atoms with Crippen molar-refractivity contribution in [1.29, 1.82) is 0 Å². The second kappa shape index (κ2) is 5.39. The van der Waals surface area contributed by atoms with Crippen LogP contribution in [0.1, 0.15) is 12.5 Å². The van der Waals surface area contributed by atoms with Crippen molar-refractivity contribution in [2.24, 2.45) is 0 Å². The molecule has 0 heterocycles. The van der Waals surface area contributed by atoms with Gasteiger partial charge in [-0.15, -0.1) is 0 Å². The van der Waals surface area contributed by atoms with Crippen LogP contribution in [-0.2, 0) is 11.3 Å². The highest BCUT2D eigenvalue weighted by Crippen LogP contribution is 2.10. The van der Waals surface area contributed by atoms with Crippen molar-refractivity contribution < 1.29 is 13.6 Å². The molecule has 2 nitrogen and oxygen atoms in total. The van der Waals surface area contributed by atoms with Gasteiger partial charge in [0.05, 0.1) is 0 Å². The Morgan fingerprint density at radius 3 is 2.62 bits per heavy atom. The zero-order valence-electron chi connectivity index (χ0n) is 9.21. The van der Waals surface area contributed by atoms with E-state index in [1.54, 1.807) is 20.0 Å². The summed E-state index contributed by atoms with van der Waals surface area (Å²) >= 11 is 0. The number of rotatable bonds is 3. The first-order valence-electron chi connectivity index (χ1n) is 4.86. The van der Waals surface area contributed by atoms with Gasteiger partial charge in [-0.1, -0.05) is 12.1 Å². The third-order valence-electron chi connectivity index (χ3n) is 2.09. The highest BCUT2D eigenvalue weighted by Gasteiger charge is 2.07. The molecule has 0 fully saturated rings. The second-order valence-corrected chi connectivity index (χ2v) is 3.44. The van der Waals surface area contributed by atoms with Crippen molar-refractivity contribution in [3.63, 3.8) is 0 Å². The Morgan fingerprint density at radius 2 is 2.06 bits per heavy atom. The number of carbonyl (C=O) groups excluding carboxylic acids is 1. The quantitative estimate of drug-likeness (QED) is 0.724. The predicted octanol–water partition coefficient (Wildman–Crippen LogP) is 2.50. The molecule has 0 aliphatic rings. The van der Waals surface area contributed by atoms with Gasteiger partial charge >= 0.3 is 0 Å². The van der Waals surface area contributed by atoms with Crippen molar-refractivity contribution in [3.05, 3.63) is 47.5 Å². The summed E-state index contributed by atoms with van der Waals surface area (Å²) in [6, 6.07) is 3.60. The smallest absolute Gasteiger partial charge is 0.246 e. The van der Waals surface area contributed by atoms with E-state index in [0.717, 1.165) is 12.1 Å². The van der Waals surface area contributed by atoms with E-state index < -0.39 is 11.6 Å². The van der Waals surface area contributed by atoms with Gasteiger partial charge in [-0.3, -0.25) is 4.79 Å². The summed E-state index contributed by atoms with van der Waals surface area (Å²) in [5.74, 6) is -1.96. The van der Waals surface area contributed by atoms with Gasteiger partial charge < -0.3 is 4.90 Å². The molecule has 0 bridgehead atoms. The van der Waals surface area contributed by atoms with Crippen molar-refractivity contribution in [3.8, 4) is 0 Å². The molecule has 1 aromatic rings. The number of halogens is 2. The maximum atomic E-state index is 12.9. The highest BCUT2D eigenvalue weighted by molar-refractivity contribution is 5.87. The molecule has 1 amide bonds. The standard InChI is InChI=1S/C12H13F2NO/c1-3-4-12(16)15(2)8-9-5-6-10(13)11(14)7-9/h3-7H,8H2,1-2H3. The third kappa shape index (κ3) is 3.15. The molecule has 0 radical (unpaired) electrons. The van der Waals surface area contributed by atoms with Gasteiger partial charge in [0, 0.05) is 13.6 Å². The molecule has 0 saturated heterocycles. The Balaban J connectivity index is 2.73. The molecule has 86 valence electrons. The van der Waals surface area contributed by atoms with E-state index in [-0.39, 0.29) is 12.5 Å². The number of benzene rings is 1. The van der Waals surface area contributed by atoms with E-state index in [2.05, 4.69) is 0 Å². The average molecular weight is 225 g/mol. The van der Waals surface area contributed by atoms with Gasteiger partial charge in [0.15, 0.2) is 11.6 Å². The van der Waals surface area contributed by atoms with Crippen LogP contribution in [0.25, 0.3) is 0 Å². The Morgan fingerprint density at radius 1 is 1.38 bits per heavy atom. The SMILES string of the molecule is CC=CC(=O)N(C)Cc1ccc(F)c(F)c1. The van der Waals surface area contributed by atoms with Crippen LogP contribution < -0.4 is 0 Å². The monoisotopic (exact) mass is 225 g/mol. The maximum absolute atomic E-state index is 12.9. The molecular weight excluding hydrogens is 212 g/mol. The molecule has 0 atom stereocenters. The topological polar surface area (TPSA) is 20.3 Å². The average Bonchev–Trinajstić information content (AvgIpc) is 2.24. The maximum Gasteiger partial charge on any atom is 0.246 e. The number of hydrogen-bond acceptors (Lipinski definition) is 1. The lowest BCUT2D eigenvalue weighted by Crippen LogP contribution is -2.24. The molecule has 0 saturated carbocycles. The summed E-state index contributed by atoms with van der Waals surface area (Å²) < 4.78 is 25.5. The summed E-state index contributed by atoms with van der Waals surface area (Å²) in [5.41, 5.74) is 0.555. The summed E-state index contributed by atoms with van der Waals surface area (Å²) in [5, 5.41) is 0. The van der Waals surface area contributed by atoms with E-state index in [4.69, 9.17) is 0 Å². The summed E-state index contributed by atoms with van der Waals surface area (Å²) in [7, 11) is 1.60. The first-order valence-corrected chi connectivity index (χ1v) is 4.86. The Kier molecular flexibility index (Phi) is 4.17. The lowest BCUT2D eigenvalue weighted by atomic mass is 10.2. The van der Waals surface area contributed by atoms with Gasteiger partial charge in [0.25, 0.3) is 0 Å². The summed E-state index contributed by atoms with van der Waals surface area (Å²) in [6.07, 6.45) is 3.05. The molecular formula is C12H13F2NO. The largest absolute Gasteiger partial charge is 0.338 e. The van der Waals surface area contributed by atoms with Crippen LogP contribution in [0.5, 0.6) is 0 Å². The molecule has 0 aromatic heterocycles. The molecule has 16 heavy (non-hydrogen) atoms. The molecule has 4 heteroatoms. The molecule has 0 N–H and O–H groups in total. The Bertz CT molecular complexity index is 415. The number of amides is 1. The number of hydrogen-bond donors (Lipinski definition) is 0. The number of carbonyl (C=O) groups is 1. The van der Waals surface area contributed by atoms with E-state index in [1.807, 2.05) is 0 Å². The normalized spacial score (nSPS) is 10.8. The van der Waals surface area contributed by atoms with Crippen molar-refractivity contribution in [2.75, 3.05) is 7.05 Å². The minimum atomic E-state index is -0.899. The van der Waals surface area contributed by atoms with Crippen LogP contribution in [0.4, 0.5) is 8.78 Å². The zero-order chi connectivity index (χ0) is 12.1. The fourth-order valence-corrected chi connectivity index (χ4v) is 1.26. The Labute approximate surface area is 93.2 Å². The number of allylic oxidation sites excluding steroid dienone is 1. The fourth-order valence-electron chi connectivity index (χ4n) is 1.26. The molecule has 1 rings (SSSR count). The predicted molar refractivity (Wildman–Crippen MR) is 57.6 cm³/mol. The highest BCUT2D eigenvalue weighted by atomic mass is 19.2. The molecule has 0 aliphatic carbocycles. The second-order valence-electron chi connectivity index (χ2n) is 3.44. The minimum absolute atomic E-state index is 0.174. The van der Waals surface area contributed by atoms with Gasteiger partial charge in [-0.2, -0.15) is 0 Å². The van der Waals surface area contributed by atoms with Crippen LogP contribution in [0.2, 0.25) is 0 Å². The van der Waals surface area contributed by atoms with Crippen LogP contribution in [0.3, 0.4) is 0 Å². The van der Waals surface area contributed by atoms with Crippen LogP contribution >= 0.6 is 0 Å². The van der Waals surface area contributed by atoms with E-state index in [9.17, 15) is 13.6 Å². The lowest BCUT2D eigenvalue weighted by Gasteiger charge is -2.15. The van der Waals surface area contributed by atoms with Crippen LogP contribution in [0, 0.1) is 11.6 Å². The van der Waals surface area contributed by atoms with E-state index in [1.165, 1.54) is 17.0 Å². The first-order chi connectivity index (χ1) is 7.54. The van der Waals surface area contributed by atoms with Gasteiger partial charge in [0.1, 0.15) is 0 Å². The molecule has 0 spiro atoms. The minimum Gasteiger partial charge on any atom is -0.338 e. The third-order valence-corrected chi connectivity index (χ3v) is 2.09. The van der Waals surface area contributed by atoms with Crippen molar-refractivity contribution in [1.82, 2.24) is 4.90 Å². The lowest BCUT2D eigenvalue weighted by molar-refractivity contribution is -0.125. The molecule has 0 unspecified atom stereocenters. The summed E-state index contributed by atoms with van der Waals surface area (Å²) in [6.45, 7) is 1.99. The summed E-state index contributed by atoms with van der Waals surface area (Å²) in [4.78, 5) is 12.8. The molecule has 1 aromatic carbocycles. The van der Waals surface area contributed by atoms with Gasteiger partial charge in [-0.05, 0) is 30.7 Å². The van der Waals surface area contributed by atoms with Gasteiger partial charge in [-0.25, -0.2) is 8.78 Å². The first kappa shape index (κ1) is 12.4.